The Kier molecular flexibility index (Phi) is 3.49. The third-order valence-electron chi connectivity index (χ3n) is 3.87. The lowest BCUT2D eigenvalue weighted by atomic mass is 9.91. The van der Waals surface area contributed by atoms with Crippen LogP contribution in [0.3, 0.4) is 0 Å². The zero-order chi connectivity index (χ0) is 12.5. The predicted octanol–water partition coefficient (Wildman–Crippen LogP) is 2.53. The molecule has 17 heavy (non-hydrogen) atoms. The van der Waals surface area contributed by atoms with Gasteiger partial charge in [0.2, 0.25) is 0 Å². The Morgan fingerprint density at radius 1 is 1.76 bits per heavy atom. The molecule has 1 aliphatic heterocycles. The number of hydrogen-bond donors (Lipinski definition) is 1. The summed E-state index contributed by atoms with van der Waals surface area (Å²) in [6, 6.07) is 0.0831. The number of carbonyl (C=O) groups is 1. The lowest BCUT2D eigenvalue weighted by Crippen LogP contribution is -2.50. The number of thiazole rings is 1. The van der Waals surface area contributed by atoms with Gasteiger partial charge in [0.1, 0.15) is 5.54 Å². The molecule has 5 heteroatoms. The number of rotatable bonds is 4. The summed E-state index contributed by atoms with van der Waals surface area (Å²) in [5.74, 6) is -0.695. The van der Waals surface area contributed by atoms with E-state index in [4.69, 9.17) is 0 Å². The van der Waals surface area contributed by atoms with Gasteiger partial charge in [-0.3, -0.25) is 9.69 Å². The van der Waals surface area contributed by atoms with E-state index in [9.17, 15) is 9.90 Å². The van der Waals surface area contributed by atoms with Crippen LogP contribution in [-0.4, -0.2) is 33.0 Å². The molecule has 0 saturated carbocycles. The minimum Gasteiger partial charge on any atom is -0.480 e. The molecule has 1 N–H and O–H groups in total. The summed E-state index contributed by atoms with van der Waals surface area (Å²) in [5.41, 5.74) is 2.09. The zero-order valence-corrected chi connectivity index (χ0v) is 11.0. The second-order valence-electron chi connectivity index (χ2n) is 4.58. The van der Waals surface area contributed by atoms with Crippen LogP contribution < -0.4 is 0 Å². The molecule has 2 atom stereocenters. The molecule has 0 radical (unpaired) electrons. The van der Waals surface area contributed by atoms with Crippen molar-refractivity contribution in [2.45, 2.75) is 44.7 Å². The Morgan fingerprint density at radius 3 is 3.06 bits per heavy atom. The first kappa shape index (κ1) is 12.5. The van der Waals surface area contributed by atoms with Crippen molar-refractivity contribution in [2.24, 2.45) is 0 Å². The minimum atomic E-state index is -0.695. The van der Waals surface area contributed by atoms with E-state index in [0.29, 0.717) is 6.42 Å². The molecule has 2 unspecified atom stereocenters. The summed E-state index contributed by atoms with van der Waals surface area (Å²) < 4.78 is 0. The smallest absolute Gasteiger partial charge is 0.324 e. The van der Waals surface area contributed by atoms with E-state index in [0.717, 1.165) is 25.1 Å². The molecule has 2 heterocycles. The number of nitrogens with zero attached hydrogens (tertiary/aromatic N) is 2. The quantitative estimate of drug-likeness (QED) is 0.897. The average molecular weight is 254 g/mol. The van der Waals surface area contributed by atoms with Crippen LogP contribution in [-0.2, 0) is 4.79 Å². The van der Waals surface area contributed by atoms with Gasteiger partial charge in [0.25, 0.3) is 0 Å². The standard InChI is InChI=1S/C12H18N2O2S/c1-3-12(11(15)16)5-4-6-14(12)9(2)10-7-17-8-13-10/h7-9H,3-6H2,1-2H3,(H,15,16). The summed E-state index contributed by atoms with van der Waals surface area (Å²) in [5, 5.41) is 11.5. The van der Waals surface area contributed by atoms with Gasteiger partial charge in [0.15, 0.2) is 0 Å². The highest BCUT2D eigenvalue weighted by Gasteiger charge is 2.48. The molecular weight excluding hydrogens is 236 g/mol. The van der Waals surface area contributed by atoms with Crippen LogP contribution >= 0.6 is 11.3 Å². The molecule has 94 valence electrons. The fraction of sp³-hybridized carbons (Fsp3) is 0.667. The second-order valence-corrected chi connectivity index (χ2v) is 5.30. The lowest BCUT2D eigenvalue weighted by Gasteiger charge is -2.37. The normalized spacial score (nSPS) is 27.2. The summed E-state index contributed by atoms with van der Waals surface area (Å²) in [6.45, 7) is 4.85. The van der Waals surface area contributed by atoms with Crippen molar-refractivity contribution in [3.05, 3.63) is 16.6 Å². The maximum Gasteiger partial charge on any atom is 0.324 e. The van der Waals surface area contributed by atoms with Gasteiger partial charge in [0, 0.05) is 5.38 Å². The van der Waals surface area contributed by atoms with Gasteiger partial charge in [0.05, 0.1) is 17.2 Å². The van der Waals surface area contributed by atoms with Crippen molar-refractivity contribution >= 4 is 17.3 Å². The summed E-state index contributed by atoms with van der Waals surface area (Å²) in [7, 11) is 0. The maximum absolute atomic E-state index is 11.6. The molecule has 0 aliphatic carbocycles. The number of carboxylic acids is 1. The number of hydrogen-bond acceptors (Lipinski definition) is 4. The van der Waals surface area contributed by atoms with Crippen molar-refractivity contribution in [2.75, 3.05) is 6.54 Å². The van der Waals surface area contributed by atoms with Gasteiger partial charge in [-0.25, -0.2) is 4.98 Å². The summed E-state index contributed by atoms with van der Waals surface area (Å²) >= 11 is 1.56. The SMILES string of the molecule is CCC1(C(=O)O)CCCN1C(C)c1cscn1. The van der Waals surface area contributed by atoms with E-state index in [-0.39, 0.29) is 6.04 Å². The number of carboxylic acid groups (broad SMARTS) is 1. The number of likely N-dealkylation sites (tertiary alicyclic amines) is 1. The van der Waals surface area contributed by atoms with Gasteiger partial charge in [-0.1, -0.05) is 6.92 Å². The first-order valence-corrected chi connectivity index (χ1v) is 6.94. The first-order valence-electron chi connectivity index (χ1n) is 6.00. The highest BCUT2D eigenvalue weighted by Crippen LogP contribution is 2.39. The molecule has 0 spiro atoms. The Labute approximate surface area is 105 Å². The monoisotopic (exact) mass is 254 g/mol. The van der Waals surface area contributed by atoms with Gasteiger partial charge in [-0.15, -0.1) is 11.3 Å². The van der Waals surface area contributed by atoms with Crippen LogP contribution in [0.5, 0.6) is 0 Å². The van der Waals surface area contributed by atoms with Crippen LogP contribution in [0, 0.1) is 0 Å². The highest BCUT2D eigenvalue weighted by atomic mass is 32.1. The fourth-order valence-electron chi connectivity index (χ4n) is 2.81. The molecule has 1 fully saturated rings. The maximum atomic E-state index is 11.6. The third-order valence-corrected chi connectivity index (χ3v) is 4.47. The van der Waals surface area contributed by atoms with Gasteiger partial charge in [-0.2, -0.15) is 0 Å². The van der Waals surface area contributed by atoms with E-state index >= 15 is 0 Å². The van der Waals surface area contributed by atoms with Gasteiger partial charge >= 0.3 is 5.97 Å². The van der Waals surface area contributed by atoms with E-state index in [1.807, 2.05) is 19.2 Å². The first-order chi connectivity index (χ1) is 8.12. The number of aliphatic carboxylic acids is 1. The predicted molar refractivity (Wildman–Crippen MR) is 67.1 cm³/mol. The second kappa shape index (κ2) is 4.74. The van der Waals surface area contributed by atoms with Crippen LogP contribution in [0.25, 0.3) is 0 Å². The van der Waals surface area contributed by atoms with Crippen molar-refractivity contribution in [1.29, 1.82) is 0 Å². The van der Waals surface area contributed by atoms with Crippen LogP contribution in [0.4, 0.5) is 0 Å². The lowest BCUT2D eigenvalue weighted by molar-refractivity contribution is -0.151. The van der Waals surface area contributed by atoms with Crippen molar-refractivity contribution in [1.82, 2.24) is 9.88 Å². The molecule has 0 aromatic carbocycles. The molecule has 1 aliphatic rings. The zero-order valence-electron chi connectivity index (χ0n) is 10.2. The van der Waals surface area contributed by atoms with Gasteiger partial charge in [-0.05, 0) is 32.7 Å². The highest BCUT2D eigenvalue weighted by molar-refractivity contribution is 7.07. The molecule has 1 aromatic heterocycles. The molecule has 1 saturated heterocycles. The minimum absolute atomic E-state index is 0.0831. The fourth-order valence-corrected chi connectivity index (χ4v) is 3.45. The largest absolute Gasteiger partial charge is 0.480 e. The molecule has 4 nitrogen and oxygen atoms in total. The molecule has 0 amide bonds. The Morgan fingerprint density at radius 2 is 2.53 bits per heavy atom. The molecular formula is C12H18N2O2S. The average Bonchev–Trinajstić information content (AvgIpc) is 2.97. The van der Waals surface area contributed by atoms with Gasteiger partial charge < -0.3 is 5.11 Å². The van der Waals surface area contributed by atoms with Crippen molar-refractivity contribution in [3.63, 3.8) is 0 Å². The molecule has 0 bridgehead atoms. The van der Waals surface area contributed by atoms with Crippen molar-refractivity contribution < 1.29 is 9.90 Å². The molecule has 2 rings (SSSR count). The van der Waals surface area contributed by atoms with Crippen LogP contribution in [0.2, 0.25) is 0 Å². The molecule has 1 aromatic rings. The van der Waals surface area contributed by atoms with Crippen molar-refractivity contribution in [3.8, 4) is 0 Å². The van der Waals surface area contributed by atoms with E-state index in [2.05, 4.69) is 9.88 Å². The van der Waals surface area contributed by atoms with E-state index < -0.39 is 11.5 Å². The Balaban J connectivity index is 2.28. The Bertz CT molecular complexity index is 393. The summed E-state index contributed by atoms with van der Waals surface area (Å²) in [6.07, 6.45) is 2.35. The van der Waals surface area contributed by atoms with Crippen LogP contribution in [0.1, 0.15) is 44.8 Å². The van der Waals surface area contributed by atoms with E-state index in [1.54, 1.807) is 16.8 Å². The van der Waals surface area contributed by atoms with E-state index in [1.165, 1.54) is 0 Å². The van der Waals surface area contributed by atoms with Crippen LogP contribution in [0.15, 0.2) is 10.9 Å². The summed E-state index contributed by atoms with van der Waals surface area (Å²) in [4.78, 5) is 18.0. The Hall–Kier alpha value is -0.940. The third kappa shape index (κ3) is 1.98. The topological polar surface area (TPSA) is 53.4 Å². The number of aromatic nitrogens is 1.